The predicted octanol–water partition coefficient (Wildman–Crippen LogP) is 3.95. The minimum Gasteiger partial charge on any atom is -0.496 e. The van der Waals surface area contributed by atoms with Crippen LogP contribution in [0.25, 0.3) is 0 Å². The van der Waals surface area contributed by atoms with Crippen LogP contribution in [0.1, 0.15) is 32.8 Å². The third kappa shape index (κ3) is 5.95. The van der Waals surface area contributed by atoms with Crippen molar-refractivity contribution in [3.8, 4) is 0 Å². The van der Waals surface area contributed by atoms with E-state index in [1.54, 1.807) is 0 Å². The molecule has 1 aromatic carbocycles. The molecule has 0 aliphatic rings. The summed E-state index contributed by atoms with van der Waals surface area (Å²) in [6.45, 7) is 6.15. The van der Waals surface area contributed by atoms with Gasteiger partial charge in [0.05, 0.1) is 11.9 Å². The summed E-state index contributed by atoms with van der Waals surface area (Å²) in [6.07, 6.45) is 5.99. The van der Waals surface area contributed by atoms with Crippen molar-refractivity contribution in [3.05, 3.63) is 48.2 Å². The van der Waals surface area contributed by atoms with Crippen molar-refractivity contribution in [3.63, 3.8) is 0 Å². The smallest absolute Gasteiger partial charge is 0.0998 e. The molecule has 0 unspecified atom stereocenters. The molecule has 0 radical (unpaired) electrons. The summed E-state index contributed by atoms with van der Waals surface area (Å²) in [6, 6.07) is 10.5. The SMILES string of the molecule is CC(C)(C)O/C=C\CCc1ccccc1. The zero-order chi connectivity index (χ0) is 11.1. The van der Waals surface area contributed by atoms with Crippen LogP contribution in [0.2, 0.25) is 0 Å². The van der Waals surface area contributed by atoms with Crippen LogP contribution >= 0.6 is 0 Å². The molecule has 0 heterocycles. The summed E-state index contributed by atoms with van der Waals surface area (Å²) in [5.41, 5.74) is 1.29. The largest absolute Gasteiger partial charge is 0.496 e. The quantitative estimate of drug-likeness (QED) is 0.675. The lowest BCUT2D eigenvalue weighted by molar-refractivity contribution is 0.0762. The van der Waals surface area contributed by atoms with Crippen LogP contribution in [0.3, 0.4) is 0 Å². The van der Waals surface area contributed by atoms with E-state index < -0.39 is 0 Å². The molecule has 0 saturated carbocycles. The lowest BCUT2D eigenvalue weighted by Gasteiger charge is -2.17. The summed E-state index contributed by atoms with van der Waals surface area (Å²) in [4.78, 5) is 0. The topological polar surface area (TPSA) is 9.23 Å². The molecule has 0 aliphatic heterocycles. The van der Waals surface area contributed by atoms with Crippen molar-refractivity contribution < 1.29 is 4.74 Å². The van der Waals surface area contributed by atoms with E-state index >= 15 is 0 Å². The summed E-state index contributed by atoms with van der Waals surface area (Å²) in [5.74, 6) is 0. The third-order valence-electron chi connectivity index (χ3n) is 1.96. The van der Waals surface area contributed by atoms with Crippen molar-refractivity contribution in [2.75, 3.05) is 0 Å². The highest BCUT2D eigenvalue weighted by atomic mass is 16.5. The van der Waals surface area contributed by atoms with Crippen LogP contribution in [0.15, 0.2) is 42.7 Å². The van der Waals surface area contributed by atoms with Gasteiger partial charge in [-0.1, -0.05) is 30.3 Å². The molecule has 82 valence electrons. The standard InChI is InChI=1S/C14H20O/c1-14(2,3)15-12-8-7-11-13-9-5-4-6-10-13/h4-6,8-10,12H,7,11H2,1-3H3/b12-8-. The van der Waals surface area contributed by atoms with E-state index in [0.717, 1.165) is 12.8 Å². The van der Waals surface area contributed by atoms with Crippen LogP contribution in [0.4, 0.5) is 0 Å². The van der Waals surface area contributed by atoms with Gasteiger partial charge in [-0.05, 0) is 45.3 Å². The molecule has 1 aromatic rings. The minimum absolute atomic E-state index is 0.0801. The van der Waals surface area contributed by atoms with Gasteiger partial charge < -0.3 is 4.74 Å². The van der Waals surface area contributed by atoms with Crippen LogP contribution in [-0.2, 0) is 11.2 Å². The Morgan fingerprint density at radius 1 is 1.13 bits per heavy atom. The molecule has 0 aromatic heterocycles. The second-order valence-electron chi connectivity index (χ2n) is 4.63. The first kappa shape index (κ1) is 11.8. The first-order valence-electron chi connectivity index (χ1n) is 5.45. The summed E-state index contributed by atoms with van der Waals surface area (Å²) in [7, 11) is 0. The van der Waals surface area contributed by atoms with E-state index in [1.807, 2.05) is 12.3 Å². The van der Waals surface area contributed by atoms with Crippen molar-refractivity contribution >= 4 is 0 Å². The maximum Gasteiger partial charge on any atom is 0.0998 e. The lowest BCUT2D eigenvalue weighted by atomic mass is 10.1. The first-order valence-corrected chi connectivity index (χ1v) is 5.45. The lowest BCUT2D eigenvalue weighted by Crippen LogP contribution is -2.15. The van der Waals surface area contributed by atoms with Gasteiger partial charge in [-0.3, -0.25) is 0 Å². The Hall–Kier alpha value is -1.24. The van der Waals surface area contributed by atoms with Crippen molar-refractivity contribution in [1.29, 1.82) is 0 Å². The number of aryl methyl sites for hydroxylation is 1. The second kappa shape index (κ2) is 5.59. The van der Waals surface area contributed by atoms with Gasteiger partial charge in [0, 0.05) is 0 Å². The molecule has 0 bridgehead atoms. The average molecular weight is 204 g/mol. The number of ether oxygens (including phenoxy) is 1. The van der Waals surface area contributed by atoms with Crippen molar-refractivity contribution in [1.82, 2.24) is 0 Å². The summed E-state index contributed by atoms with van der Waals surface area (Å²) in [5, 5.41) is 0. The number of benzene rings is 1. The fraction of sp³-hybridized carbons (Fsp3) is 0.429. The summed E-state index contributed by atoms with van der Waals surface area (Å²) < 4.78 is 5.49. The monoisotopic (exact) mass is 204 g/mol. The molecule has 15 heavy (non-hydrogen) atoms. The zero-order valence-corrected chi connectivity index (χ0v) is 9.86. The van der Waals surface area contributed by atoms with Crippen molar-refractivity contribution in [2.24, 2.45) is 0 Å². The molecule has 0 fully saturated rings. The zero-order valence-electron chi connectivity index (χ0n) is 9.86. The Balaban J connectivity index is 2.22. The third-order valence-corrected chi connectivity index (χ3v) is 1.96. The van der Waals surface area contributed by atoms with E-state index in [2.05, 4.69) is 51.1 Å². The van der Waals surface area contributed by atoms with Gasteiger partial charge in [-0.25, -0.2) is 0 Å². The highest BCUT2D eigenvalue weighted by molar-refractivity contribution is 5.15. The van der Waals surface area contributed by atoms with Gasteiger partial charge in [0.2, 0.25) is 0 Å². The molecule has 0 atom stereocenters. The fourth-order valence-corrected chi connectivity index (χ4v) is 1.21. The number of allylic oxidation sites excluding steroid dienone is 1. The molecule has 0 amide bonds. The van der Waals surface area contributed by atoms with Gasteiger partial charge in [0.1, 0.15) is 0 Å². The summed E-state index contributed by atoms with van der Waals surface area (Å²) >= 11 is 0. The Morgan fingerprint density at radius 3 is 2.40 bits per heavy atom. The molecule has 1 heteroatoms. The normalized spacial score (nSPS) is 11.9. The Labute approximate surface area is 92.8 Å². The molecule has 0 N–H and O–H groups in total. The maximum atomic E-state index is 5.49. The molecule has 1 nitrogen and oxygen atoms in total. The van der Waals surface area contributed by atoms with Crippen LogP contribution in [0, 0.1) is 0 Å². The van der Waals surface area contributed by atoms with Crippen LogP contribution in [0.5, 0.6) is 0 Å². The molecular weight excluding hydrogens is 184 g/mol. The average Bonchev–Trinajstić information content (AvgIpc) is 2.17. The van der Waals surface area contributed by atoms with Gasteiger partial charge >= 0.3 is 0 Å². The highest BCUT2D eigenvalue weighted by Crippen LogP contribution is 2.08. The maximum absolute atomic E-state index is 5.49. The number of hydrogen-bond acceptors (Lipinski definition) is 1. The van der Waals surface area contributed by atoms with E-state index in [-0.39, 0.29) is 5.60 Å². The second-order valence-corrected chi connectivity index (χ2v) is 4.63. The van der Waals surface area contributed by atoms with E-state index in [9.17, 15) is 0 Å². The van der Waals surface area contributed by atoms with Crippen molar-refractivity contribution in [2.45, 2.75) is 39.2 Å². The Bertz CT molecular complexity index is 293. The Kier molecular flexibility index (Phi) is 4.41. The molecule has 0 aliphatic carbocycles. The molecule has 1 rings (SSSR count). The number of rotatable bonds is 4. The van der Waals surface area contributed by atoms with E-state index in [1.165, 1.54) is 5.56 Å². The first-order chi connectivity index (χ1) is 7.08. The molecule has 0 spiro atoms. The predicted molar refractivity (Wildman–Crippen MR) is 64.7 cm³/mol. The van der Waals surface area contributed by atoms with Crippen LogP contribution in [-0.4, -0.2) is 5.60 Å². The fourth-order valence-electron chi connectivity index (χ4n) is 1.21. The van der Waals surface area contributed by atoms with Gasteiger partial charge in [-0.15, -0.1) is 0 Å². The highest BCUT2D eigenvalue weighted by Gasteiger charge is 2.06. The van der Waals surface area contributed by atoms with Gasteiger partial charge in [0.25, 0.3) is 0 Å². The Morgan fingerprint density at radius 2 is 1.80 bits per heavy atom. The van der Waals surface area contributed by atoms with E-state index in [0.29, 0.717) is 0 Å². The molecular formula is C14H20O. The van der Waals surface area contributed by atoms with Gasteiger partial charge in [-0.2, -0.15) is 0 Å². The minimum atomic E-state index is -0.0801. The van der Waals surface area contributed by atoms with Gasteiger partial charge in [0.15, 0.2) is 0 Å². The van der Waals surface area contributed by atoms with E-state index in [4.69, 9.17) is 4.74 Å². The van der Waals surface area contributed by atoms with Crippen LogP contribution < -0.4 is 0 Å². The molecule has 0 saturated heterocycles. The number of hydrogen-bond donors (Lipinski definition) is 0.